The molecule has 182 valence electrons. The zero-order valence-electron chi connectivity index (χ0n) is 19.5. The fourth-order valence-corrected chi connectivity index (χ4v) is 4.66. The largest absolute Gasteiger partial charge is 0.387 e. The molecule has 0 saturated carbocycles. The Morgan fingerprint density at radius 1 is 1.23 bits per heavy atom. The van der Waals surface area contributed by atoms with Gasteiger partial charge in [0.15, 0.2) is 0 Å². The number of rotatable bonds is 4. The Hall–Kier alpha value is -3.43. The highest BCUT2D eigenvalue weighted by molar-refractivity contribution is 6.04. The predicted octanol–water partition coefficient (Wildman–Crippen LogP) is 4.46. The second-order valence-electron chi connectivity index (χ2n) is 9.10. The highest BCUT2D eigenvalue weighted by atomic mass is 19.3. The lowest BCUT2D eigenvalue weighted by Gasteiger charge is -2.43. The number of pyridine rings is 2. The van der Waals surface area contributed by atoms with Gasteiger partial charge < -0.3 is 20.1 Å². The minimum atomic E-state index is -3.14. The van der Waals surface area contributed by atoms with E-state index in [1.807, 2.05) is 25.1 Å². The topological polar surface area (TPSA) is 87.6 Å². The average Bonchev–Trinajstić information content (AvgIpc) is 2.84. The third-order valence-electron chi connectivity index (χ3n) is 6.52. The Balaban J connectivity index is 1.44. The molecule has 0 bridgehead atoms. The van der Waals surface area contributed by atoms with Crippen LogP contribution in [-0.2, 0) is 10.7 Å². The number of morpholine rings is 1. The monoisotopic (exact) mass is 480 g/mol. The van der Waals surface area contributed by atoms with Gasteiger partial charge in [0.1, 0.15) is 11.8 Å². The molecule has 35 heavy (non-hydrogen) atoms. The van der Waals surface area contributed by atoms with Crippen molar-refractivity contribution in [2.45, 2.75) is 38.3 Å². The van der Waals surface area contributed by atoms with E-state index in [1.165, 1.54) is 12.3 Å². The third kappa shape index (κ3) is 4.61. The smallest absolute Gasteiger partial charge is 0.286 e. The molecule has 9 heteroatoms. The Kier molecular flexibility index (Phi) is 5.98. The molecule has 1 aromatic carbocycles. The van der Waals surface area contributed by atoms with Crippen molar-refractivity contribution in [1.82, 2.24) is 9.97 Å². The molecule has 4 heterocycles. The zero-order chi connectivity index (χ0) is 24.7. The van der Waals surface area contributed by atoms with Crippen molar-refractivity contribution < 1.29 is 23.4 Å². The van der Waals surface area contributed by atoms with E-state index in [4.69, 9.17) is 4.74 Å². The molecule has 2 N–H and O–H groups in total. The maximum absolute atomic E-state index is 13.6. The lowest BCUT2D eigenvalue weighted by molar-refractivity contribution is 0.0127. The summed E-state index contributed by atoms with van der Waals surface area (Å²) in [4.78, 5) is 23.3. The minimum Gasteiger partial charge on any atom is -0.387 e. The summed E-state index contributed by atoms with van der Waals surface area (Å²) in [6, 6.07) is 10.1. The number of aliphatic hydroxyl groups is 1. The number of carbonyl (C=O) groups excluding carboxylic acids is 1. The van der Waals surface area contributed by atoms with Crippen molar-refractivity contribution in [3.05, 3.63) is 71.3 Å². The summed E-state index contributed by atoms with van der Waals surface area (Å²) < 4.78 is 32.9. The van der Waals surface area contributed by atoms with Gasteiger partial charge in [0.2, 0.25) is 0 Å². The molecule has 7 nitrogen and oxygen atoms in total. The molecule has 0 aliphatic carbocycles. The Labute approximate surface area is 201 Å². The van der Waals surface area contributed by atoms with E-state index in [0.29, 0.717) is 31.0 Å². The summed E-state index contributed by atoms with van der Waals surface area (Å²) in [7, 11) is 0. The molecule has 2 unspecified atom stereocenters. The molecule has 2 aromatic heterocycles. The number of carbonyl (C=O) groups is 1. The summed E-state index contributed by atoms with van der Waals surface area (Å²) in [5.41, 5.74) is 4.44. The number of ether oxygens (including phenoxy) is 1. The maximum atomic E-state index is 13.6. The van der Waals surface area contributed by atoms with Crippen molar-refractivity contribution in [3.8, 4) is 11.1 Å². The average molecular weight is 481 g/mol. The fraction of sp³-hybridized carbons (Fsp3) is 0.346. The molecule has 5 rings (SSSR count). The van der Waals surface area contributed by atoms with E-state index in [9.17, 15) is 18.7 Å². The molecule has 1 saturated heterocycles. The van der Waals surface area contributed by atoms with E-state index in [0.717, 1.165) is 41.9 Å². The highest BCUT2D eigenvalue weighted by Crippen LogP contribution is 2.39. The number of alkyl halides is 2. The van der Waals surface area contributed by atoms with Gasteiger partial charge in [-0.1, -0.05) is 6.07 Å². The summed E-state index contributed by atoms with van der Waals surface area (Å²) in [6.07, 6.45) is 2.87. The SMILES string of the molecule is Cc1ccc(NC(=O)c2ccnc(C(C)(F)F)c2)cc1-c1cnc2c(c1)N1CCOCC1CC2O. The van der Waals surface area contributed by atoms with Crippen molar-refractivity contribution in [2.75, 3.05) is 30.0 Å². The predicted molar refractivity (Wildman–Crippen MR) is 128 cm³/mol. The van der Waals surface area contributed by atoms with Crippen LogP contribution in [0.3, 0.4) is 0 Å². The molecule has 2 aliphatic heterocycles. The first-order valence-electron chi connectivity index (χ1n) is 11.5. The summed E-state index contributed by atoms with van der Waals surface area (Å²) in [6.45, 7) is 4.63. The van der Waals surface area contributed by atoms with E-state index < -0.39 is 23.6 Å². The van der Waals surface area contributed by atoms with Gasteiger partial charge in [-0.25, -0.2) is 0 Å². The van der Waals surface area contributed by atoms with Crippen LogP contribution in [0.15, 0.2) is 48.8 Å². The number of fused-ring (bicyclic) bond motifs is 3. The minimum absolute atomic E-state index is 0.0986. The van der Waals surface area contributed by atoms with Crippen molar-refractivity contribution in [3.63, 3.8) is 0 Å². The fourth-order valence-electron chi connectivity index (χ4n) is 4.66. The molecule has 2 atom stereocenters. The van der Waals surface area contributed by atoms with Crippen LogP contribution >= 0.6 is 0 Å². The van der Waals surface area contributed by atoms with Gasteiger partial charge >= 0.3 is 0 Å². The standard InChI is InChI=1S/C26H26F2N4O3/c1-15-3-4-18(31-25(34)16-5-6-29-23(10-16)26(2,27)28)11-20(15)17-9-21-24(30-13-17)22(33)12-19-14-35-8-7-32(19)21/h3-6,9-11,13,19,22,33H,7-8,12,14H2,1-2H3,(H,31,34). The molecule has 1 amide bonds. The van der Waals surface area contributed by atoms with Gasteiger partial charge in [-0.3, -0.25) is 14.8 Å². The van der Waals surface area contributed by atoms with Gasteiger partial charge in [0.05, 0.1) is 30.6 Å². The molecule has 2 aliphatic rings. The summed E-state index contributed by atoms with van der Waals surface area (Å²) >= 11 is 0. The molecular formula is C26H26F2N4O3. The molecule has 3 aromatic rings. The number of aromatic nitrogens is 2. The van der Waals surface area contributed by atoms with Gasteiger partial charge in [-0.2, -0.15) is 8.78 Å². The number of nitrogens with one attached hydrogen (secondary N) is 1. The summed E-state index contributed by atoms with van der Waals surface area (Å²) in [5, 5.41) is 13.4. The number of hydrogen-bond acceptors (Lipinski definition) is 6. The number of aryl methyl sites for hydroxylation is 1. The van der Waals surface area contributed by atoms with Crippen LogP contribution in [-0.4, -0.2) is 46.8 Å². The van der Waals surface area contributed by atoms with Gasteiger partial charge in [-0.05, 0) is 48.4 Å². The summed E-state index contributed by atoms with van der Waals surface area (Å²) in [5.74, 6) is -3.64. The van der Waals surface area contributed by atoms with E-state index in [1.54, 1.807) is 12.3 Å². The highest BCUT2D eigenvalue weighted by Gasteiger charge is 2.35. The van der Waals surface area contributed by atoms with Crippen molar-refractivity contribution >= 4 is 17.3 Å². The van der Waals surface area contributed by atoms with Crippen LogP contribution in [0.1, 0.15) is 46.8 Å². The van der Waals surface area contributed by atoms with Crippen LogP contribution in [0.2, 0.25) is 0 Å². The number of benzene rings is 1. The van der Waals surface area contributed by atoms with Crippen LogP contribution in [0, 0.1) is 6.92 Å². The molecule has 0 radical (unpaired) electrons. The third-order valence-corrected chi connectivity index (χ3v) is 6.52. The van der Waals surface area contributed by atoms with Crippen LogP contribution in [0.5, 0.6) is 0 Å². The van der Waals surface area contributed by atoms with Crippen molar-refractivity contribution in [1.29, 1.82) is 0 Å². The van der Waals surface area contributed by atoms with Crippen molar-refractivity contribution in [2.24, 2.45) is 0 Å². The van der Waals surface area contributed by atoms with E-state index in [-0.39, 0.29) is 11.6 Å². The maximum Gasteiger partial charge on any atom is 0.286 e. The second kappa shape index (κ2) is 8.98. The van der Waals surface area contributed by atoms with Crippen LogP contribution in [0.25, 0.3) is 11.1 Å². The van der Waals surface area contributed by atoms with Crippen LogP contribution in [0.4, 0.5) is 20.2 Å². The van der Waals surface area contributed by atoms with Crippen LogP contribution < -0.4 is 10.2 Å². The number of aliphatic hydroxyl groups excluding tert-OH is 1. The lowest BCUT2D eigenvalue weighted by Crippen LogP contribution is -2.49. The second-order valence-corrected chi connectivity index (χ2v) is 9.10. The number of amides is 1. The number of anilines is 2. The first-order chi connectivity index (χ1) is 16.7. The Morgan fingerprint density at radius 2 is 2.06 bits per heavy atom. The van der Waals surface area contributed by atoms with Gasteiger partial charge in [0.25, 0.3) is 11.8 Å². The molecular weight excluding hydrogens is 454 g/mol. The molecule has 0 spiro atoms. The van der Waals surface area contributed by atoms with Gasteiger partial charge in [0, 0.05) is 49.1 Å². The number of halogens is 2. The zero-order valence-corrected chi connectivity index (χ0v) is 19.5. The Bertz CT molecular complexity index is 1280. The first kappa shape index (κ1) is 23.3. The number of hydrogen-bond donors (Lipinski definition) is 2. The lowest BCUT2D eigenvalue weighted by atomic mass is 9.94. The van der Waals surface area contributed by atoms with E-state index >= 15 is 0 Å². The van der Waals surface area contributed by atoms with Gasteiger partial charge in [-0.15, -0.1) is 0 Å². The number of nitrogens with zero attached hydrogens (tertiary/aromatic N) is 3. The Morgan fingerprint density at radius 3 is 2.86 bits per heavy atom. The first-order valence-corrected chi connectivity index (χ1v) is 11.5. The normalized spacial score (nSPS) is 19.6. The quantitative estimate of drug-likeness (QED) is 0.574. The van der Waals surface area contributed by atoms with E-state index in [2.05, 4.69) is 20.2 Å². The molecule has 1 fully saturated rings.